The molecule has 1 heterocycles. The highest BCUT2D eigenvalue weighted by atomic mass is 16.5. The van der Waals surface area contributed by atoms with Gasteiger partial charge in [-0.1, -0.05) is 24.3 Å². The maximum absolute atomic E-state index is 12.3. The number of benzene rings is 2. The summed E-state index contributed by atoms with van der Waals surface area (Å²) in [5.41, 5.74) is 2.60. The largest absolute Gasteiger partial charge is 0.457 e. The summed E-state index contributed by atoms with van der Waals surface area (Å²) in [7, 11) is 1.55. The zero-order valence-corrected chi connectivity index (χ0v) is 17.5. The Kier molecular flexibility index (Phi) is 7.35. The molecule has 7 heteroatoms. The summed E-state index contributed by atoms with van der Waals surface area (Å²) in [6, 6.07) is 17.7. The number of nitrogens with one attached hydrogen (secondary N) is 2. The van der Waals surface area contributed by atoms with Crippen molar-refractivity contribution in [1.29, 1.82) is 0 Å². The number of aliphatic hydroxyl groups is 1. The SMILES string of the molecule is CNC(=O)c1cc(Oc2cccc(CCNC(=O)c3ccc(C(C)O)cc3)c2)ccn1. The summed E-state index contributed by atoms with van der Waals surface area (Å²) in [6.45, 7) is 2.15. The van der Waals surface area contributed by atoms with Crippen molar-refractivity contribution in [2.75, 3.05) is 13.6 Å². The van der Waals surface area contributed by atoms with E-state index in [1.807, 2.05) is 24.3 Å². The maximum atomic E-state index is 12.3. The quantitative estimate of drug-likeness (QED) is 0.520. The van der Waals surface area contributed by atoms with E-state index in [1.54, 1.807) is 50.4 Å². The monoisotopic (exact) mass is 419 g/mol. The van der Waals surface area contributed by atoms with Gasteiger partial charge in [0.1, 0.15) is 17.2 Å². The molecule has 3 rings (SSSR count). The number of amides is 2. The fraction of sp³-hybridized carbons (Fsp3) is 0.208. The van der Waals surface area contributed by atoms with Crippen LogP contribution in [0.25, 0.3) is 0 Å². The lowest BCUT2D eigenvalue weighted by Gasteiger charge is -2.10. The molecule has 1 unspecified atom stereocenters. The van der Waals surface area contributed by atoms with Crippen molar-refractivity contribution in [3.8, 4) is 11.5 Å². The van der Waals surface area contributed by atoms with Gasteiger partial charge in [-0.15, -0.1) is 0 Å². The minimum atomic E-state index is -0.561. The highest BCUT2D eigenvalue weighted by Gasteiger charge is 2.08. The van der Waals surface area contributed by atoms with E-state index < -0.39 is 6.10 Å². The van der Waals surface area contributed by atoms with Crippen LogP contribution in [0, 0.1) is 0 Å². The van der Waals surface area contributed by atoms with E-state index in [1.165, 1.54) is 6.20 Å². The predicted molar refractivity (Wildman–Crippen MR) is 117 cm³/mol. The van der Waals surface area contributed by atoms with Crippen LogP contribution in [-0.2, 0) is 6.42 Å². The van der Waals surface area contributed by atoms with Gasteiger partial charge in [0, 0.05) is 31.4 Å². The Bertz CT molecular complexity index is 1050. The van der Waals surface area contributed by atoms with Gasteiger partial charge in [0.05, 0.1) is 6.10 Å². The molecule has 0 aliphatic rings. The Morgan fingerprint density at radius 3 is 2.48 bits per heavy atom. The Morgan fingerprint density at radius 1 is 1.03 bits per heavy atom. The fourth-order valence-corrected chi connectivity index (χ4v) is 2.96. The molecule has 1 atom stereocenters. The zero-order chi connectivity index (χ0) is 22.2. The van der Waals surface area contributed by atoms with Gasteiger partial charge in [-0.25, -0.2) is 0 Å². The minimum absolute atomic E-state index is 0.164. The number of pyridine rings is 1. The second-order valence-corrected chi connectivity index (χ2v) is 7.01. The van der Waals surface area contributed by atoms with Crippen molar-refractivity contribution in [3.63, 3.8) is 0 Å². The molecule has 0 bridgehead atoms. The number of carbonyl (C=O) groups excluding carboxylic acids is 2. The molecule has 3 aromatic rings. The van der Waals surface area contributed by atoms with Crippen molar-refractivity contribution in [2.45, 2.75) is 19.4 Å². The Labute approximate surface area is 181 Å². The van der Waals surface area contributed by atoms with Crippen molar-refractivity contribution in [3.05, 3.63) is 89.2 Å². The van der Waals surface area contributed by atoms with Gasteiger partial charge in [0.15, 0.2) is 0 Å². The number of aliphatic hydroxyl groups excluding tert-OH is 1. The number of carbonyl (C=O) groups is 2. The third-order valence-corrected chi connectivity index (χ3v) is 4.68. The van der Waals surface area contributed by atoms with E-state index in [0.717, 1.165) is 11.1 Å². The summed E-state index contributed by atoms with van der Waals surface area (Å²) in [5.74, 6) is 0.699. The standard InChI is InChI=1S/C24H25N3O4/c1-16(28)18-6-8-19(9-7-18)23(29)27-12-10-17-4-3-5-20(14-17)31-21-11-13-26-22(15-21)24(30)25-2/h3-9,11,13-16,28H,10,12H2,1-2H3,(H,25,30)(H,27,29). The number of aromatic nitrogens is 1. The molecule has 0 saturated carbocycles. The summed E-state index contributed by atoms with van der Waals surface area (Å²) >= 11 is 0. The lowest BCUT2D eigenvalue weighted by molar-refractivity contribution is 0.0947. The van der Waals surface area contributed by atoms with E-state index in [-0.39, 0.29) is 17.5 Å². The van der Waals surface area contributed by atoms with Crippen LogP contribution in [0.4, 0.5) is 0 Å². The van der Waals surface area contributed by atoms with Gasteiger partial charge in [0.2, 0.25) is 0 Å². The summed E-state index contributed by atoms with van der Waals surface area (Å²) in [4.78, 5) is 28.0. The van der Waals surface area contributed by atoms with E-state index in [2.05, 4.69) is 15.6 Å². The molecule has 31 heavy (non-hydrogen) atoms. The van der Waals surface area contributed by atoms with Crippen LogP contribution in [0.1, 0.15) is 45.0 Å². The Hall–Kier alpha value is -3.71. The third kappa shape index (κ3) is 6.13. The van der Waals surface area contributed by atoms with Gasteiger partial charge in [-0.3, -0.25) is 14.6 Å². The summed E-state index contributed by atoms with van der Waals surface area (Å²) in [5, 5.41) is 15.0. The van der Waals surface area contributed by atoms with Crippen molar-refractivity contribution in [1.82, 2.24) is 15.6 Å². The van der Waals surface area contributed by atoms with Crippen LogP contribution in [-0.4, -0.2) is 35.5 Å². The van der Waals surface area contributed by atoms with Gasteiger partial charge in [0.25, 0.3) is 11.8 Å². The number of rotatable bonds is 8. The van der Waals surface area contributed by atoms with E-state index >= 15 is 0 Å². The smallest absolute Gasteiger partial charge is 0.269 e. The zero-order valence-electron chi connectivity index (χ0n) is 17.5. The first-order valence-electron chi connectivity index (χ1n) is 9.97. The normalized spacial score (nSPS) is 11.5. The highest BCUT2D eigenvalue weighted by molar-refractivity contribution is 5.94. The molecule has 1 aromatic heterocycles. The van der Waals surface area contributed by atoms with E-state index in [4.69, 9.17) is 4.74 Å². The molecular weight excluding hydrogens is 394 g/mol. The average Bonchev–Trinajstić information content (AvgIpc) is 2.79. The van der Waals surface area contributed by atoms with Crippen LogP contribution in [0.3, 0.4) is 0 Å². The molecule has 3 N–H and O–H groups in total. The molecule has 0 spiro atoms. The topological polar surface area (TPSA) is 101 Å². The first kappa shape index (κ1) is 22.0. The summed E-state index contributed by atoms with van der Waals surface area (Å²) in [6.07, 6.45) is 1.59. The molecule has 0 saturated heterocycles. The second kappa shape index (κ2) is 10.4. The molecule has 0 fully saturated rings. The molecule has 2 aromatic carbocycles. The number of hydrogen-bond donors (Lipinski definition) is 3. The molecule has 2 amide bonds. The first-order valence-corrected chi connectivity index (χ1v) is 9.97. The minimum Gasteiger partial charge on any atom is -0.457 e. The van der Waals surface area contributed by atoms with Crippen LogP contribution in [0.15, 0.2) is 66.9 Å². The van der Waals surface area contributed by atoms with Crippen LogP contribution in [0.5, 0.6) is 11.5 Å². The molecule has 0 aliphatic heterocycles. The van der Waals surface area contributed by atoms with Crippen LogP contribution < -0.4 is 15.4 Å². The maximum Gasteiger partial charge on any atom is 0.269 e. The summed E-state index contributed by atoms with van der Waals surface area (Å²) < 4.78 is 5.85. The Morgan fingerprint density at radius 2 is 1.77 bits per heavy atom. The molecule has 0 aliphatic carbocycles. The lowest BCUT2D eigenvalue weighted by Crippen LogP contribution is -2.25. The van der Waals surface area contributed by atoms with E-state index in [9.17, 15) is 14.7 Å². The van der Waals surface area contributed by atoms with Gasteiger partial charge in [-0.2, -0.15) is 0 Å². The Balaban J connectivity index is 1.56. The number of nitrogens with zero attached hydrogens (tertiary/aromatic N) is 1. The van der Waals surface area contributed by atoms with Crippen LogP contribution in [0.2, 0.25) is 0 Å². The molecular formula is C24H25N3O4. The van der Waals surface area contributed by atoms with Crippen molar-refractivity contribution >= 4 is 11.8 Å². The van der Waals surface area contributed by atoms with E-state index in [0.29, 0.717) is 30.0 Å². The fourth-order valence-electron chi connectivity index (χ4n) is 2.96. The van der Waals surface area contributed by atoms with Gasteiger partial charge >= 0.3 is 0 Å². The lowest BCUT2D eigenvalue weighted by atomic mass is 10.1. The highest BCUT2D eigenvalue weighted by Crippen LogP contribution is 2.22. The van der Waals surface area contributed by atoms with Gasteiger partial charge in [-0.05, 0) is 54.8 Å². The van der Waals surface area contributed by atoms with Crippen molar-refractivity contribution in [2.24, 2.45) is 0 Å². The number of hydrogen-bond acceptors (Lipinski definition) is 5. The first-order chi connectivity index (χ1) is 15.0. The predicted octanol–water partition coefficient (Wildman–Crippen LogP) is 3.26. The number of ether oxygens (including phenoxy) is 1. The van der Waals surface area contributed by atoms with Crippen LogP contribution >= 0.6 is 0 Å². The van der Waals surface area contributed by atoms with Crippen molar-refractivity contribution < 1.29 is 19.4 Å². The molecule has 7 nitrogen and oxygen atoms in total. The average molecular weight is 419 g/mol. The molecule has 0 radical (unpaired) electrons. The molecule has 160 valence electrons. The van der Waals surface area contributed by atoms with Gasteiger partial charge < -0.3 is 20.5 Å². The third-order valence-electron chi connectivity index (χ3n) is 4.68. The second-order valence-electron chi connectivity index (χ2n) is 7.01.